The molecule has 0 radical (unpaired) electrons. The summed E-state index contributed by atoms with van der Waals surface area (Å²) in [5.74, 6) is 0.525. The van der Waals surface area contributed by atoms with Gasteiger partial charge in [-0.05, 0) is 50.1 Å². The molecule has 0 fully saturated rings. The van der Waals surface area contributed by atoms with Crippen LogP contribution in [0.5, 0.6) is 5.75 Å². The lowest BCUT2D eigenvalue weighted by Crippen LogP contribution is -2.36. The molecule has 4 heteroatoms. The summed E-state index contributed by atoms with van der Waals surface area (Å²) in [5.41, 5.74) is 3.17. The van der Waals surface area contributed by atoms with E-state index in [4.69, 9.17) is 16.3 Å². The van der Waals surface area contributed by atoms with Gasteiger partial charge in [-0.3, -0.25) is 4.79 Å². The molecule has 0 aliphatic rings. The van der Waals surface area contributed by atoms with Gasteiger partial charge >= 0.3 is 0 Å². The van der Waals surface area contributed by atoms with Crippen LogP contribution in [0.2, 0.25) is 5.02 Å². The number of ether oxygens (including phenoxy) is 1. The van der Waals surface area contributed by atoms with Crippen LogP contribution in [-0.4, -0.2) is 12.0 Å². The zero-order valence-corrected chi connectivity index (χ0v) is 13.8. The molecule has 0 unspecified atom stereocenters. The molecular weight excluding hydrogens is 298 g/mol. The fourth-order valence-electron chi connectivity index (χ4n) is 2.03. The summed E-state index contributed by atoms with van der Waals surface area (Å²) < 4.78 is 5.70. The molecule has 0 spiro atoms. The largest absolute Gasteiger partial charge is 0.481 e. The Bertz CT molecular complexity index is 653. The Morgan fingerprint density at radius 2 is 1.86 bits per heavy atom. The van der Waals surface area contributed by atoms with Crippen LogP contribution in [0.4, 0.5) is 0 Å². The fourth-order valence-corrected chi connectivity index (χ4v) is 2.25. The quantitative estimate of drug-likeness (QED) is 0.903. The highest BCUT2D eigenvalue weighted by atomic mass is 35.5. The average Bonchev–Trinajstić information content (AvgIpc) is 2.49. The second kappa shape index (κ2) is 7.32. The van der Waals surface area contributed by atoms with Crippen LogP contribution in [0.1, 0.15) is 23.6 Å². The van der Waals surface area contributed by atoms with Crippen LogP contribution in [0.15, 0.2) is 42.5 Å². The molecule has 0 heterocycles. The molecule has 1 N–H and O–H groups in total. The van der Waals surface area contributed by atoms with Crippen molar-refractivity contribution < 1.29 is 9.53 Å². The Morgan fingerprint density at radius 3 is 2.50 bits per heavy atom. The number of carbonyl (C=O) groups excluding carboxylic acids is 1. The van der Waals surface area contributed by atoms with E-state index in [2.05, 4.69) is 5.32 Å². The van der Waals surface area contributed by atoms with E-state index < -0.39 is 6.10 Å². The van der Waals surface area contributed by atoms with Gasteiger partial charge in [0.15, 0.2) is 6.10 Å². The third-order valence-corrected chi connectivity index (χ3v) is 3.63. The van der Waals surface area contributed by atoms with Gasteiger partial charge in [0.1, 0.15) is 5.75 Å². The number of rotatable bonds is 5. The number of benzene rings is 2. The van der Waals surface area contributed by atoms with E-state index in [1.54, 1.807) is 19.1 Å². The Labute approximate surface area is 136 Å². The van der Waals surface area contributed by atoms with Gasteiger partial charge in [0.25, 0.3) is 5.91 Å². The molecular formula is C18H20ClNO2. The van der Waals surface area contributed by atoms with E-state index >= 15 is 0 Å². The van der Waals surface area contributed by atoms with Crippen molar-refractivity contribution in [1.29, 1.82) is 0 Å². The maximum atomic E-state index is 12.1. The second-order valence-corrected chi connectivity index (χ2v) is 5.81. The third-order valence-electron chi connectivity index (χ3n) is 3.40. The first-order valence-corrected chi connectivity index (χ1v) is 7.59. The van der Waals surface area contributed by atoms with Crippen molar-refractivity contribution in [3.8, 4) is 5.75 Å². The molecule has 3 nitrogen and oxygen atoms in total. The lowest BCUT2D eigenvalue weighted by molar-refractivity contribution is -0.127. The monoisotopic (exact) mass is 317 g/mol. The number of halogens is 1. The van der Waals surface area contributed by atoms with Gasteiger partial charge in [0.05, 0.1) is 0 Å². The van der Waals surface area contributed by atoms with Gasteiger partial charge in [0.2, 0.25) is 0 Å². The van der Waals surface area contributed by atoms with Crippen molar-refractivity contribution in [1.82, 2.24) is 5.32 Å². The molecule has 0 saturated carbocycles. The van der Waals surface area contributed by atoms with E-state index in [1.807, 2.05) is 44.2 Å². The zero-order valence-electron chi connectivity index (χ0n) is 13.0. The van der Waals surface area contributed by atoms with Gasteiger partial charge in [-0.15, -0.1) is 0 Å². The van der Waals surface area contributed by atoms with Gasteiger partial charge < -0.3 is 10.1 Å². The van der Waals surface area contributed by atoms with E-state index in [-0.39, 0.29) is 5.91 Å². The Balaban J connectivity index is 1.90. The lowest BCUT2D eigenvalue weighted by Gasteiger charge is -2.16. The average molecular weight is 318 g/mol. The summed E-state index contributed by atoms with van der Waals surface area (Å²) in [7, 11) is 0. The zero-order chi connectivity index (χ0) is 16.1. The van der Waals surface area contributed by atoms with Crippen molar-refractivity contribution in [2.45, 2.75) is 33.4 Å². The molecule has 2 aromatic rings. The van der Waals surface area contributed by atoms with Gasteiger partial charge in [-0.1, -0.05) is 41.4 Å². The molecule has 2 rings (SSSR count). The topological polar surface area (TPSA) is 38.3 Å². The fraction of sp³-hybridized carbons (Fsp3) is 0.278. The summed E-state index contributed by atoms with van der Waals surface area (Å²) in [6.45, 7) is 6.16. The molecule has 1 amide bonds. The minimum absolute atomic E-state index is 0.144. The molecule has 22 heavy (non-hydrogen) atoms. The SMILES string of the molecule is Cc1ccc(CNC(=O)[C@H](C)Oc2ccc(Cl)cc2C)cc1. The summed E-state index contributed by atoms with van der Waals surface area (Å²) in [6.07, 6.45) is -0.565. The van der Waals surface area contributed by atoms with Crippen molar-refractivity contribution in [3.63, 3.8) is 0 Å². The first-order chi connectivity index (χ1) is 10.5. The molecule has 0 aliphatic carbocycles. The van der Waals surface area contributed by atoms with Crippen molar-refractivity contribution in [2.75, 3.05) is 0 Å². The molecule has 1 atom stereocenters. The maximum Gasteiger partial charge on any atom is 0.261 e. The Kier molecular flexibility index (Phi) is 5.45. The van der Waals surface area contributed by atoms with Crippen LogP contribution in [0.25, 0.3) is 0 Å². The molecule has 2 aromatic carbocycles. The number of carbonyl (C=O) groups is 1. The highest BCUT2D eigenvalue weighted by Gasteiger charge is 2.15. The smallest absolute Gasteiger partial charge is 0.261 e. The number of nitrogens with one attached hydrogen (secondary N) is 1. The first kappa shape index (κ1) is 16.4. The maximum absolute atomic E-state index is 12.1. The van der Waals surface area contributed by atoms with E-state index in [0.717, 1.165) is 11.1 Å². The molecule has 0 aliphatic heterocycles. The third kappa shape index (κ3) is 4.50. The van der Waals surface area contributed by atoms with Crippen LogP contribution < -0.4 is 10.1 Å². The second-order valence-electron chi connectivity index (χ2n) is 5.37. The van der Waals surface area contributed by atoms with E-state index in [9.17, 15) is 4.79 Å². The highest BCUT2D eigenvalue weighted by Crippen LogP contribution is 2.22. The Morgan fingerprint density at radius 1 is 1.18 bits per heavy atom. The van der Waals surface area contributed by atoms with Crippen LogP contribution >= 0.6 is 11.6 Å². The van der Waals surface area contributed by atoms with Gasteiger partial charge in [-0.25, -0.2) is 0 Å². The normalized spacial score (nSPS) is 11.8. The van der Waals surface area contributed by atoms with Gasteiger partial charge in [0, 0.05) is 11.6 Å². The number of hydrogen-bond donors (Lipinski definition) is 1. The number of aryl methyl sites for hydroxylation is 2. The minimum Gasteiger partial charge on any atom is -0.481 e. The number of amides is 1. The Hall–Kier alpha value is -2.00. The predicted octanol–water partition coefficient (Wildman–Crippen LogP) is 4.04. The number of hydrogen-bond acceptors (Lipinski definition) is 2. The van der Waals surface area contributed by atoms with Crippen LogP contribution in [-0.2, 0) is 11.3 Å². The van der Waals surface area contributed by atoms with Crippen molar-refractivity contribution in [3.05, 3.63) is 64.2 Å². The van der Waals surface area contributed by atoms with Gasteiger partial charge in [-0.2, -0.15) is 0 Å². The van der Waals surface area contributed by atoms with E-state index in [0.29, 0.717) is 17.3 Å². The summed E-state index contributed by atoms with van der Waals surface area (Å²) in [5, 5.41) is 3.53. The lowest BCUT2D eigenvalue weighted by atomic mass is 10.1. The van der Waals surface area contributed by atoms with Crippen molar-refractivity contribution >= 4 is 17.5 Å². The summed E-state index contributed by atoms with van der Waals surface area (Å²) in [4.78, 5) is 12.1. The van der Waals surface area contributed by atoms with Crippen molar-refractivity contribution in [2.24, 2.45) is 0 Å². The van der Waals surface area contributed by atoms with E-state index in [1.165, 1.54) is 5.56 Å². The molecule has 0 saturated heterocycles. The van der Waals surface area contributed by atoms with Crippen LogP contribution in [0.3, 0.4) is 0 Å². The summed E-state index contributed by atoms with van der Waals surface area (Å²) >= 11 is 5.91. The molecule has 0 aromatic heterocycles. The standard InChI is InChI=1S/C18H20ClNO2/c1-12-4-6-15(7-5-12)11-20-18(21)14(3)22-17-9-8-16(19)10-13(17)2/h4-10,14H,11H2,1-3H3,(H,20,21)/t14-/m0/s1. The van der Waals surface area contributed by atoms with Crippen LogP contribution in [0, 0.1) is 13.8 Å². The first-order valence-electron chi connectivity index (χ1n) is 7.22. The predicted molar refractivity (Wildman–Crippen MR) is 89.3 cm³/mol. The molecule has 116 valence electrons. The highest BCUT2D eigenvalue weighted by molar-refractivity contribution is 6.30. The minimum atomic E-state index is -0.565. The molecule has 0 bridgehead atoms. The summed E-state index contributed by atoms with van der Waals surface area (Å²) in [6, 6.07) is 13.4.